The number of thiophene rings is 1. The third-order valence-electron chi connectivity index (χ3n) is 2.63. The highest BCUT2D eigenvalue weighted by molar-refractivity contribution is 7.49. The highest BCUT2D eigenvalue weighted by Crippen LogP contribution is 2.51. The first kappa shape index (κ1) is 18.6. The van der Waals surface area contributed by atoms with Gasteiger partial charge in [0, 0.05) is 0 Å². The smallest absolute Gasteiger partial charge is 0.384 e. The zero-order chi connectivity index (χ0) is 17.7. The Balaban J connectivity index is 2.39. The van der Waals surface area contributed by atoms with Gasteiger partial charge >= 0.3 is 7.82 Å². The lowest BCUT2D eigenvalue weighted by atomic mass is 10.2. The summed E-state index contributed by atoms with van der Waals surface area (Å²) in [6.07, 6.45) is -0.749. The minimum atomic E-state index is -3.90. The van der Waals surface area contributed by atoms with Crippen molar-refractivity contribution in [1.82, 2.24) is 4.98 Å². The summed E-state index contributed by atoms with van der Waals surface area (Å²) in [7, 11) is -3.90. The van der Waals surface area contributed by atoms with Crippen LogP contribution in [0.25, 0.3) is 10.6 Å². The number of phosphoric acid groups is 1. The van der Waals surface area contributed by atoms with Gasteiger partial charge in [-0.3, -0.25) is 9.05 Å². The van der Waals surface area contributed by atoms with Gasteiger partial charge in [0.2, 0.25) is 5.88 Å². The molecule has 0 bridgehead atoms. The molecule has 0 atom stereocenters. The van der Waals surface area contributed by atoms with Crippen molar-refractivity contribution in [2.24, 2.45) is 0 Å². The normalized spacial score (nSPS) is 11.7. The summed E-state index contributed by atoms with van der Waals surface area (Å²) < 4.78 is 29.0. The third-order valence-corrected chi connectivity index (χ3v) is 5.28. The van der Waals surface area contributed by atoms with Crippen LogP contribution in [0, 0.1) is 11.3 Å². The third kappa shape index (κ3) is 4.89. The van der Waals surface area contributed by atoms with Gasteiger partial charge < -0.3 is 4.52 Å². The molecule has 0 saturated heterocycles. The summed E-state index contributed by atoms with van der Waals surface area (Å²) in [6.45, 7) is 6.89. The summed E-state index contributed by atoms with van der Waals surface area (Å²) >= 11 is 1.50. The van der Waals surface area contributed by atoms with Crippen LogP contribution in [0.2, 0.25) is 0 Å². The molecule has 2 aromatic heterocycles. The van der Waals surface area contributed by atoms with Gasteiger partial charge in [-0.25, -0.2) is 9.55 Å². The number of nitriles is 1. The van der Waals surface area contributed by atoms with Crippen LogP contribution in [-0.2, 0) is 13.6 Å². The molecule has 0 radical (unpaired) electrons. The summed E-state index contributed by atoms with van der Waals surface area (Å²) in [6, 6.07) is 9.07. The van der Waals surface area contributed by atoms with Crippen molar-refractivity contribution >= 4 is 19.2 Å². The van der Waals surface area contributed by atoms with E-state index in [9.17, 15) is 9.83 Å². The Hall–Kier alpha value is -1.71. The van der Waals surface area contributed by atoms with E-state index in [1.165, 1.54) is 11.3 Å². The summed E-state index contributed by atoms with van der Waals surface area (Å²) in [5.74, 6) is -0.0620. The quantitative estimate of drug-likeness (QED) is 0.640. The van der Waals surface area contributed by atoms with Crippen LogP contribution in [0.4, 0.5) is 0 Å². The summed E-state index contributed by atoms with van der Waals surface area (Å²) in [5.41, 5.74) is 0.787. The van der Waals surface area contributed by atoms with Gasteiger partial charge in [0.15, 0.2) is 0 Å². The Morgan fingerprint density at radius 1 is 1.17 bits per heavy atom. The van der Waals surface area contributed by atoms with Crippen molar-refractivity contribution in [2.75, 3.05) is 0 Å². The van der Waals surface area contributed by atoms with Crippen LogP contribution in [0.1, 0.15) is 33.3 Å². The molecule has 6 nitrogen and oxygen atoms in total. The van der Waals surface area contributed by atoms with Crippen molar-refractivity contribution in [3.05, 3.63) is 35.2 Å². The Morgan fingerprint density at radius 3 is 2.33 bits per heavy atom. The van der Waals surface area contributed by atoms with Crippen LogP contribution in [0.15, 0.2) is 29.6 Å². The summed E-state index contributed by atoms with van der Waals surface area (Å²) in [5, 5.41) is 11.2. The molecule has 128 valence electrons. The zero-order valence-corrected chi connectivity index (χ0v) is 15.6. The monoisotopic (exact) mass is 366 g/mol. The first-order valence-corrected chi connectivity index (χ1v) is 9.78. The second-order valence-corrected chi connectivity index (χ2v) is 7.93. The number of phosphoric ester groups is 1. The molecule has 2 rings (SSSR count). The first-order chi connectivity index (χ1) is 11.3. The van der Waals surface area contributed by atoms with Crippen molar-refractivity contribution in [3.8, 4) is 22.5 Å². The lowest BCUT2D eigenvalue weighted by Gasteiger charge is -2.22. The van der Waals surface area contributed by atoms with E-state index in [1.54, 1.807) is 39.8 Å². The van der Waals surface area contributed by atoms with Crippen molar-refractivity contribution in [3.63, 3.8) is 0 Å². The van der Waals surface area contributed by atoms with Crippen molar-refractivity contribution < 1.29 is 18.1 Å². The van der Waals surface area contributed by atoms with E-state index < -0.39 is 7.82 Å². The minimum absolute atomic E-state index is 0.0620. The standard InChI is InChI=1S/C16H19N2O4PS/c1-11(2)20-23(19,21-12(3)4)22-16-13(10-17)7-8-14(18-16)15-6-5-9-24-15/h5-9,11-12H,1-4H3. The maximum atomic E-state index is 12.9. The average molecular weight is 366 g/mol. The van der Waals surface area contributed by atoms with Crippen molar-refractivity contribution in [1.29, 1.82) is 5.26 Å². The molecule has 2 aromatic rings. The van der Waals surface area contributed by atoms with E-state index in [1.807, 2.05) is 23.6 Å². The fourth-order valence-electron chi connectivity index (χ4n) is 1.85. The predicted molar refractivity (Wildman–Crippen MR) is 92.9 cm³/mol. The van der Waals surface area contributed by atoms with Gasteiger partial charge in [0.05, 0.1) is 22.8 Å². The van der Waals surface area contributed by atoms with Gasteiger partial charge in [-0.15, -0.1) is 11.3 Å². The maximum Gasteiger partial charge on any atom is 0.531 e. The average Bonchev–Trinajstić information content (AvgIpc) is 2.99. The van der Waals surface area contributed by atoms with Crippen LogP contribution in [-0.4, -0.2) is 17.2 Å². The van der Waals surface area contributed by atoms with Crippen LogP contribution in [0.3, 0.4) is 0 Å². The Morgan fingerprint density at radius 2 is 1.83 bits per heavy atom. The molecule has 24 heavy (non-hydrogen) atoms. The molecule has 0 aromatic carbocycles. The van der Waals surface area contributed by atoms with Gasteiger partial charge in [0.1, 0.15) is 11.6 Å². The molecule has 2 heterocycles. The van der Waals surface area contributed by atoms with Crippen LogP contribution < -0.4 is 4.52 Å². The molecule has 0 amide bonds. The number of aromatic nitrogens is 1. The van der Waals surface area contributed by atoms with Gasteiger partial charge in [-0.2, -0.15) is 5.26 Å². The number of hydrogen-bond acceptors (Lipinski definition) is 7. The lowest BCUT2D eigenvalue weighted by molar-refractivity contribution is 0.102. The molecule has 0 aliphatic carbocycles. The SMILES string of the molecule is CC(C)OP(=O)(Oc1nc(-c2cccs2)ccc1C#N)OC(C)C. The number of hydrogen-bond donors (Lipinski definition) is 0. The fourth-order valence-corrected chi connectivity index (χ4v) is 4.06. The van der Waals surface area contributed by atoms with Crippen LogP contribution >= 0.6 is 19.2 Å². The summed E-state index contributed by atoms with van der Waals surface area (Å²) in [4.78, 5) is 5.23. The molecule has 0 N–H and O–H groups in total. The van der Waals surface area contributed by atoms with Gasteiger partial charge in [-0.05, 0) is 51.3 Å². The maximum absolute atomic E-state index is 12.9. The minimum Gasteiger partial charge on any atom is -0.384 e. The van der Waals surface area contributed by atoms with Crippen LogP contribution in [0.5, 0.6) is 5.88 Å². The molecular formula is C16H19N2O4PS. The lowest BCUT2D eigenvalue weighted by Crippen LogP contribution is -2.12. The van der Waals surface area contributed by atoms with E-state index in [4.69, 9.17) is 13.6 Å². The highest BCUT2D eigenvalue weighted by atomic mass is 32.1. The second kappa shape index (κ2) is 7.91. The molecule has 0 unspecified atom stereocenters. The van der Waals surface area contributed by atoms with E-state index in [0.29, 0.717) is 5.69 Å². The Kier molecular flexibility index (Phi) is 6.14. The second-order valence-electron chi connectivity index (χ2n) is 5.49. The van der Waals surface area contributed by atoms with E-state index in [2.05, 4.69) is 4.98 Å². The van der Waals surface area contributed by atoms with E-state index in [0.717, 1.165) is 4.88 Å². The van der Waals surface area contributed by atoms with Crippen molar-refractivity contribution in [2.45, 2.75) is 39.9 Å². The number of pyridine rings is 1. The van der Waals surface area contributed by atoms with E-state index >= 15 is 0 Å². The zero-order valence-electron chi connectivity index (χ0n) is 13.9. The highest BCUT2D eigenvalue weighted by Gasteiger charge is 2.33. The molecule has 0 spiro atoms. The molecule has 0 aliphatic heterocycles. The Labute approximate surface area is 145 Å². The predicted octanol–water partition coefficient (Wildman–Crippen LogP) is 5.02. The largest absolute Gasteiger partial charge is 0.531 e. The topological polar surface area (TPSA) is 81.4 Å². The number of nitrogens with zero attached hydrogens (tertiary/aromatic N) is 2. The molecule has 8 heteroatoms. The molecule has 0 saturated carbocycles. The number of rotatable bonds is 7. The fraction of sp³-hybridized carbons (Fsp3) is 0.375. The molecule has 0 fully saturated rings. The molecular weight excluding hydrogens is 347 g/mol. The van der Waals surface area contributed by atoms with Gasteiger partial charge in [0.25, 0.3) is 0 Å². The van der Waals surface area contributed by atoms with Gasteiger partial charge in [-0.1, -0.05) is 6.07 Å². The first-order valence-electron chi connectivity index (χ1n) is 7.44. The molecule has 0 aliphatic rings. The van der Waals surface area contributed by atoms with E-state index in [-0.39, 0.29) is 23.7 Å². The Bertz CT molecular complexity index is 755.